The molecule has 1 N–H and O–H groups in total. The number of pyridine rings is 1. The Kier molecular flexibility index (Phi) is 3.62. The van der Waals surface area contributed by atoms with Gasteiger partial charge in [-0.15, -0.1) is 0 Å². The van der Waals surface area contributed by atoms with Crippen LogP contribution in [0.3, 0.4) is 0 Å². The average molecular weight is 245 g/mol. The fourth-order valence-corrected chi connectivity index (χ4v) is 3.57. The third-order valence-corrected chi connectivity index (χ3v) is 4.43. The van der Waals surface area contributed by atoms with Crippen molar-refractivity contribution in [3.8, 4) is 0 Å². The van der Waals surface area contributed by atoms with Crippen LogP contribution in [0.1, 0.15) is 31.2 Å². The van der Waals surface area contributed by atoms with Gasteiger partial charge in [0.15, 0.2) is 0 Å². The van der Waals surface area contributed by atoms with E-state index < -0.39 is 0 Å². The zero-order valence-corrected chi connectivity index (χ0v) is 11.1. The maximum atomic E-state index is 4.22. The third-order valence-electron chi connectivity index (χ3n) is 4.43. The summed E-state index contributed by atoms with van der Waals surface area (Å²) in [6, 6.07) is 4.23. The van der Waals surface area contributed by atoms with Crippen molar-refractivity contribution in [2.24, 2.45) is 5.41 Å². The lowest BCUT2D eigenvalue weighted by Crippen LogP contribution is -2.50. The highest BCUT2D eigenvalue weighted by Crippen LogP contribution is 2.36. The molecule has 2 saturated heterocycles. The minimum atomic E-state index is 0.554. The summed E-state index contributed by atoms with van der Waals surface area (Å²) in [6.45, 7) is 6.00. The number of hydrogen-bond donors (Lipinski definition) is 1. The van der Waals surface area contributed by atoms with Gasteiger partial charge in [0.2, 0.25) is 0 Å². The highest BCUT2D eigenvalue weighted by molar-refractivity contribution is 5.08. The van der Waals surface area contributed by atoms with Crippen LogP contribution in [0.4, 0.5) is 0 Å². The molecule has 0 amide bonds. The van der Waals surface area contributed by atoms with Crippen LogP contribution in [0.15, 0.2) is 24.5 Å². The molecule has 0 aliphatic carbocycles. The minimum absolute atomic E-state index is 0.554. The van der Waals surface area contributed by atoms with Crippen molar-refractivity contribution in [2.45, 2.75) is 32.2 Å². The van der Waals surface area contributed by atoms with Crippen molar-refractivity contribution in [1.29, 1.82) is 0 Å². The van der Waals surface area contributed by atoms with Gasteiger partial charge in [-0.1, -0.05) is 6.07 Å². The molecular weight excluding hydrogens is 222 g/mol. The van der Waals surface area contributed by atoms with Crippen LogP contribution >= 0.6 is 0 Å². The van der Waals surface area contributed by atoms with Gasteiger partial charge in [-0.2, -0.15) is 0 Å². The Morgan fingerprint density at radius 2 is 2.28 bits per heavy atom. The number of hydrogen-bond acceptors (Lipinski definition) is 3. The predicted molar refractivity (Wildman–Crippen MR) is 73.3 cm³/mol. The van der Waals surface area contributed by atoms with Gasteiger partial charge >= 0.3 is 0 Å². The smallest absolute Gasteiger partial charge is 0.0312 e. The summed E-state index contributed by atoms with van der Waals surface area (Å²) in [5.74, 6) is 0. The summed E-state index contributed by atoms with van der Waals surface area (Å²) < 4.78 is 0. The van der Waals surface area contributed by atoms with Crippen LogP contribution < -0.4 is 5.32 Å². The molecule has 2 aliphatic rings. The SMILES string of the molecule is c1cncc(CN2CCCC3(CCCNC3)C2)c1. The van der Waals surface area contributed by atoms with E-state index in [2.05, 4.69) is 21.3 Å². The lowest BCUT2D eigenvalue weighted by Gasteiger charge is -2.45. The van der Waals surface area contributed by atoms with Gasteiger partial charge < -0.3 is 5.32 Å². The molecule has 0 radical (unpaired) electrons. The molecule has 0 saturated carbocycles. The Morgan fingerprint density at radius 3 is 3.06 bits per heavy atom. The fourth-order valence-electron chi connectivity index (χ4n) is 3.57. The number of likely N-dealkylation sites (tertiary alicyclic amines) is 1. The first-order valence-electron chi connectivity index (χ1n) is 7.18. The first-order valence-corrected chi connectivity index (χ1v) is 7.18. The summed E-state index contributed by atoms with van der Waals surface area (Å²) in [6.07, 6.45) is 9.36. The molecular formula is C15H23N3. The van der Waals surface area contributed by atoms with E-state index in [0.29, 0.717) is 5.41 Å². The zero-order chi connectivity index (χ0) is 12.3. The zero-order valence-electron chi connectivity index (χ0n) is 11.1. The monoisotopic (exact) mass is 245 g/mol. The molecule has 3 heteroatoms. The second-order valence-corrected chi connectivity index (χ2v) is 5.96. The van der Waals surface area contributed by atoms with E-state index in [4.69, 9.17) is 0 Å². The van der Waals surface area contributed by atoms with Crippen LogP contribution in [0.25, 0.3) is 0 Å². The van der Waals surface area contributed by atoms with Crippen molar-refractivity contribution >= 4 is 0 Å². The first kappa shape index (κ1) is 12.1. The Bertz CT molecular complexity index is 365. The lowest BCUT2D eigenvalue weighted by atomic mass is 9.74. The van der Waals surface area contributed by atoms with E-state index in [1.807, 2.05) is 18.5 Å². The predicted octanol–water partition coefficient (Wildman–Crippen LogP) is 2.05. The van der Waals surface area contributed by atoms with Gasteiger partial charge in [0.25, 0.3) is 0 Å². The largest absolute Gasteiger partial charge is 0.316 e. The molecule has 1 aromatic heterocycles. The van der Waals surface area contributed by atoms with Crippen molar-refractivity contribution in [3.63, 3.8) is 0 Å². The Morgan fingerprint density at radius 1 is 1.33 bits per heavy atom. The molecule has 1 atom stereocenters. The second-order valence-electron chi connectivity index (χ2n) is 5.96. The molecule has 0 bridgehead atoms. The van der Waals surface area contributed by atoms with Gasteiger partial charge in [0.05, 0.1) is 0 Å². The number of piperidine rings is 2. The Labute approximate surface area is 110 Å². The van der Waals surface area contributed by atoms with E-state index in [1.54, 1.807) is 0 Å². The van der Waals surface area contributed by atoms with Crippen LogP contribution in [0.2, 0.25) is 0 Å². The van der Waals surface area contributed by atoms with Gasteiger partial charge in [0.1, 0.15) is 0 Å². The van der Waals surface area contributed by atoms with Crippen molar-refractivity contribution in [1.82, 2.24) is 15.2 Å². The van der Waals surface area contributed by atoms with Gasteiger partial charge in [-0.25, -0.2) is 0 Å². The summed E-state index contributed by atoms with van der Waals surface area (Å²) in [5, 5.41) is 3.59. The fraction of sp³-hybridized carbons (Fsp3) is 0.667. The van der Waals surface area contributed by atoms with E-state index in [-0.39, 0.29) is 0 Å². The highest BCUT2D eigenvalue weighted by Gasteiger charge is 2.36. The van der Waals surface area contributed by atoms with Gasteiger partial charge in [0, 0.05) is 32.0 Å². The van der Waals surface area contributed by atoms with E-state index >= 15 is 0 Å². The molecule has 3 nitrogen and oxygen atoms in total. The quantitative estimate of drug-likeness (QED) is 0.864. The maximum absolute atomic E-state index is 4.22. The molecule has 2 aliphatic heterocycles. The number of aromatic nitrogens is 1. The second kappa shape index (κ2) is 5.37. The van der Waals surface area contributed by atoms with Gasteiger partial charge in [-0.05, 0) is 55.8 Å². The van der Waals surface area contributed by atoms with E-state index in [0.717, 1.165) is 6.54 Å². The third kappa shape index (κ3) is 2.73. The molecule has 3 rings (SSSR count). The van der Waals surface area contributed by atoms with Crippen molar-refractivity contribution < 1.29 is 0 Å². The highest BCUT2D eigenvalue weighted by atomic mass is 15.1. The summed E-state index contributed by atoms with van der Waals surface area (Å²) in [4.78, 5) is 6.83. The molecule has 1 spiro atoms. The molecule has 1 aromatic rings. The number of nitrogens with one attached hydrogen (secondary N) is 1. The standard InChI is InChI=1S/C15H23N3/c1-4-14(10-16-7-1)11-18-9-3-6-15(13-18)5-2-8-17-12-15/h1,4,7,10,17H,2-3,5-6,8-9,11-13H2. The average Bonchev–Trinajstić information content (AvgIpc) is 2.41. The molecule has 3 heterocycles. The molecule has 0 aromatic carbocycles. The topological polar surface area (TPSA) is 28.2 Å². The van der Waals surface area contributed by atoms with Crippen LogP contribution in [-0.4, -0.2) is 36.1 Å². The molecule has 2 fully saturated rings. The minimum Gasteiger partial charge on any atom is -0.316 e. The maximum Gasteiger partial charge on any atom is 0.0312 e. The van der Waals surface area contributed by atoms with Crippen LogP contribution in [0.5, 0.6) is 0 Å². The Hall–Kier alpha value is -0.930. The number of rotatable bonds is 2. The molecule has 98 valence electrons. The van der Waals surface area contributed by atoms with Gasteiger partial charge in [-0.3, -0.25) is 9.88 Å². The van der Waals surface area contributed by atoms with Crippen molar-refractivity contribution in [3.05, 3.63) is 30.1 Å². The van der Waals surface area contributed by atoms with Crippen LogP contribution in [0, 0.1) is 5.41 Å². The summed E-state index contributed by atoms with van der Waals surface area (Å²) in [7, 11) is 0. The molecule has 1 unspecified atom stereocenters. The van der Waals surface area contributed by atoms with E-state index in [1.165, 1.54) is 57.4 Å². The number of nitrogens with zero attached hydrogens (tertiary/aromatic N) is 2. The normalized spacial score (nSPS) is 29.6. The Balaban J connectivity index is 1.63. The van der Waals surface area contributed by atoms with Crippen LogP contribution in [-0.2, 0) is 6.54 Å². The molecule has 18 heavy (non-hydrogen) atoms. The first-order chi connectivity index (χ1) is 8.86. The summed E-state index contributed by atoms with van der Waals surface area (Å²) >= 11 is 0. The summed E-state index contributed by atoms with van der Waals surface area (Å²) in [5.41, 5.74) is 1.90. The van der Waals surface area contributed by atoms with Crippen molar-refractivity contribution in [2.75, 3.05) is 26.2 Å². The lowest BCUT2D eigenvalue weighted by molar-refractivity contribution is 0.0600. The van der Waals surface area contributed by atoms with E-state index in [9.17, 15) is 0 Å².